The average molecular weight is 373 g/mol. The summed E-state index contributed by atoms with van der Waals surface area (Å²) in [6, 6.07) is -0.302. The summed E-state index contributed by atoms with van der Waals surface area (Å²) in [5.74, 6) is -0.913. The van der Waals surface area contributed by atoms with Crippen LogP contribution in [0, 0.1) is 0 Å². The lowest BCUT2D eigenvalue weighted by Gasteiger charge is -2.42. The predicted octanol–water partition coefficient (Wildman–Crippen LogP) is 1.01. The number of aromatic nitrogens is 2. The number of halogens is 3. The molecular weight excluding hydrogens is 351 g/mol. The van der Waals surface area contributed by atoms with Gasteiger partial charge in [0.2, 0.25) is 11.8 Å². The normalized spacial score (nSPS) is 22.8. The van der Waals surface area contributed by atoms with Gasteiger partial charge in [-0.05, 0) is 12.8 Å². The molecule has 0 aliphatic carbocycles. The topological polar surface area (TPSA) is 61.7 Å². The summed E-state index contributed by atoms with van der Waals surface area (Å²) in [5, 5.41) is 4.10. The molecule has 1 aromatic rings. The van der Waals surface area contributed by atoms with Gasteiger partial charge < -0.3 is 9.80 Å². The zero-order valence-corrected chi connectivity index (χ0v) is 14.6. The van der Waals surface area contributed by atoms with Crippen LogP contribution in [-0.4, -0.2) is 76.3 Å². The number of amides is 2. The van der Waals surface area contributed by atoms with Crippen molar-refractivity contribution in [1.82, 2.24) is 19.6 Å². The van der Waals surface area contributed by atoms with E-state index in [2.05, 4.69) is 5.10 Å². The number of nitrogens with zero attached hydrogens (tertiary/aromatic N) is 5. The molecule has 7 nitrogen and oxygen atoms in total. The Kier molecular flexibility index (Phi) is 5.22. The minimum Gasteiger partial charge on any atom is -0.340 e. The quantitative estimate of drug-likeness (QED) is 0.794. The van der Waals surface area contributed by atoms with Gasteiger partial charge in [0.15, 0.2) is 0 Å². The number of anilines is 1. The molecule has 2 fully saturated rings. The molecule has 0 aromatic carbocycles. The number of piperidine rings is 1. The Balaban J connectivity index is 1.58. The van der Waals surface area contributed by atoms with Crippen molar-refractivity contribution in [2.45, 2.75) is 31.5 Å². The molecule has 2 saturated heterocycles. The third-order valence-corrected chi connectivity index (χ3v) is 4.87. The van der Waals surface area contributed by atoms with Crippen LogP contribution in [0.1, 0.15) is 19.3 Å². The first-order chi connectivity index (χ1) is 12.2. The Bertz CT molecular complexity index is 667. The molecule has 0 radical (unpaired) electrons. The summed E-state index contributed by atoms with van der Waals surface area (Å²) in [6.45, 7) is 1.87. The van der Waals surface area contributed by atoms with E-state index in [0.717, 1.165) is 12.1 Å². The van der Waals surface area contributed by atoms with Crippen molar-refractivity contribution in [2.75, 3.05) is 37.6 Å². The third kappa shape index (κ3) is 4.17. The molecule has 26 heavy (non-hydrogen) atoms. The van der Waals surface area contributed by atoms with Crippen LogP contribution >= 0.6 is 0 Å². The summed E-state index contributed by atoms with van der Waals surface area (Å²) >= 11 is 0. The number of aryl methyl sites for hydroxylation is 1. The minimum atomic E-state index is -4.49. The fourth-order valence-corrected chi connectivity index (χ4v) is 3.57. The fraction of sp³-hybridized carbons (Fsp3) is 0.688. The molecule has 1 aromatic heterocycles. The first-order valence-electron chi connectivity index (χ1n) is 8.63. The van der Waals surface area contributed by atoms with Gasteiger partial charge in [0.25, 0.3) is 0 Å². The molecule has 2 aliphatic heterocycles. The highest BCUT2D eigenvalue weighted by Gasteiger charge is 2.38. The minimum absolute atomic E-state index is 0.0145. The van der Waals surface area contributed by atoms with Crippen molar-refractivity contribution >= 4 is 17.5 Å². The number of carbonyl (C=O) groups is 2. The van der Waals surface area contributed by atoms with Crippen molar-refractivity contribution in [3.05, 3.63) is 12.4 Å². The van der Waals surface area contributed by atoms with Crippen molar-refractivity contribution in [3.8, 4) is 0 Å². The number of piperazine rings is 1. The maximum Gasteiger partial charge on any atom is 0.397 e. The molecule has 10 heteroatoms. The Morgan fingerprint density at radius 2 is 1.92 bits per heavy atom. The molecule has 3 rings (SSSR count). The van der Waals surface area contributed by atoms with Crippen molar-refractivity contribution < 1.29 is 22.8 Å². The molecule has 144 valence electrons. The van der Waals surface area contributed by atoms with Crippen molar-refractivity contribution in [3.63, 3.8) is 0 Å². The van der Waals surface area contributed by atoms with Gasteiger partial charge in [0, 0.05) is 46.0 Å². The van der Waals surface area contributed by atoms with E-state index in [1.54, 1.807) is 29.0 Å². The number of carbonyl (C=O) groups excluding carboxylic acids is 2. The van der Waals surface area contributed by atoms with Gasteiger partial charge in [-0.15, -0.1) is 0 Å². The van der Waals surface area contributed by atoms with E-state index in [1.165, 1.54) is 4.90 Å². The van der Waals surface area contributed by atoms with Crippen LogP contribution in [0.2, 0.25) is 0 Å². The average Bonchev–Trinajstić information content (AvgIpc) is 3.00. The second-order valence-electron chi connectivity index (χ2n) is 6.73. The Morgan fingerprint density at radius 1 is 1.23 bits per heavy atom. The van der Waals surface area contributed by atoms with Crippen molar-refractivity contribution in [1.29, 1.82) is 0 Å². The van der Waals surface area contributed by atoms with E-state index >= 15 is 0 Å². The van der Waals surface area contributed by atoms with Gasteiger partial charge in [-0.2, -0.15) is 18.3 Å². The smallest absolute Gasteiger partial charge is 0.340 e. The molecule has 2 aliphatic rings. The summed E-state index contributed by atoms with van der Waals surface area (Å²) in [4.78, 5) is 29.5. The SMILES string of the molecule is Cn1cc(N2CCCC(N3CCN(C(=O)CC(F)(F)F)CC3)C2=O)cn1. The van der Waals surface area contributed by atoms with E-state index in [1.807, 2.05) is 4.90 Å². The Morgan fingerprint density at radius 3 is 2.50 bits per heavy atom. The molecule has 1 atom stereocenters. The van der Waals surface area contributed by atoms with E-state index in [-0.39, 0.29) is 25.0 Å². The first kappa shape index (κ1) is 18.7. The summed E-state index contributed by atoms with van der Waals surface area (Å²) < 4.78 is 38.7. The number of hydrogen-bond donors (Lipinski definition) is 0. The Hall–Kier alpha value is -2.10. The largest absolute Gasteiger partial charge is 0.397 e. The van der Waals surface area contributed by atoms with E-state index in [0.29, 0.717) is 26.1 Å². The Labute approximate surface area is 149 Å². The molecule has 0 spiro atoms. The van der Waals surface area contributed by atoms with E-state index in [4.69, 9.17) is 0 Å². The van der Waals surface area contributed by atoms with Crippen LogP contribution in [0.5, 0.6) is 0 Å². The summed E-state index contributed by atoms with van der Waals surface area (Å²) in [7, 11) is 1.78. The molecule has 1 unspecified atom stereocenters. The standard InChI is InChI=1S/C16H22F3N5O2/c1-21-11-12(10-20-21)24-4-2-3-13(15(24)26)22-5-7-23(8-6-22)14(25)9-16(17,18)19/h10-11,13H,2-9H2,1H3. The lowest BCUT2D eigenvalue weighted by atomic mass is 10.0. The predicted molar refractivity (Wildman–Crippen MR) is 87.4 cm³/mol. The second-order valence-corrected chi connectivity index (χ2v) is 6.73. The van der Waals surface area contributed by atoms with Gasteiger partial charge >= 0.3 is 6.18 Å². The third-order valence-electron chi connectivity index (χ3n) is 4.87. The van der Waals surface area contributed by atoms with Gasteiger partial charge in [-0.3, -0.25) is 19.2 Å². The van der Waals surface area contributed by atoms with Gasteiger partial charge in [0.1, 0.15) is 6.42 Å². The van der Waals surface area contributed by atoms with Crippen LogP contribution in [0.4, 0.5) is 18.9 Å². The van der Waals surface area contributed by atoms with Gasteiger partial charge in [0.05, 0.1) is 17.9 Å². The zero-order chi connectivity index (χ0) is 18.9. The second kappa shape index (κ2) is 7.26. The van der Waals surface area contributed by atoms with Crippen LogP contribution in [0.25, 0.3) is 0 Å². The maximum absolute atomic E-state index is 12.9. The summed E-state index contributed by atoms with van der Waals surface area (Å²) in [6.07, 6.45) is -0.922. The van der Waals surface area contributed by atoms with Crippen LogP contribution in [0.15, 0.2) is 12.4 Å². The lowest BCUT2D eigenvalue weighted by Crippen LogP contribution is -2.58. The zero-order valence-electron chi connectivity index (χ0n) is 14.6. The van der Waals surface area contributed by atoms with Crippen LogP contribution < -0.4 is 4.90 Å². The molecule has 0 N–H and O–H groups in total. The molecule has 3 heterocycles. The molecule has 2 amide bonds. The van der Waals surface area contributed by atoms with E-state index < -0.39 is 18.5 Å². The fourth-order valence-electron chi connectivity index (χ4n) is 3.57. The van der Waals surface area contributed by atoms with Gasteiger partial charge in [-0.1, -0.05) is 0 Å². The highest BCUT2D eigenvalue weighted by Crippen LogP contribution is 2.25. The molecule has 0 saturated carbocycles. The van der Waals surface area contributed by atoms with Crippen molar-refractivity contribution in [2.24, 2.45) is 7.05 Å². The maximum atomic E-state index is 12.9. The van der Waals surface area contributed by atoms with Gasteiger partial charge in [-0.25, -0.2) is 0 Å². The summed E-state index contributed by atoms with van der Waals surface area (Å²) in [5.41, 5.74) is 0.751. The number of rotatable bonds is 3. The highest BCUT2D eigenvalue weighted by atomic mass is 19.4. The lowest BCUT2D eigenvalue weighted by molar-refractivity contribution is -0.162. The van der Waals surface area contributed by atoms with E-state index in [9.17, 15) is 22.8 Å². The van der Waals surface area contributed by atoms with Crippen LogP contribution in [0.3, 0.4) is 0 Å². The monoisotopic (exact) mass is 373 g/mol. The number of hydrogen-bond acceptors (Lipinski definition) is 4. The molecule has 0 bridgehead atoms. The molecular formula is C16H22F3N5O2. The van der Waals surface area contributed by atoms with Crippen LogP contribution in [-0.2, 0) is 16.6 Å². The number of alkyl halides is 3. The first-order valence-corrected chi connectivity index (χ1v) is 8.63. The highest BCUT2D eigenvalue weighted by molar-refractivity contribution is 5.97.